The zero-order chi connectivity index (χ0) is 14.9. The first-order chi connectivity index (χ1) is 10.1. The van der Waals surface area contributed by atoms with Gasteiger partial charge in [-0.1, -0.05) is 30.9 Å². The topological polar surface area (TPSA) is 33.2 Å². The minimum Gasteiger partial charge on any atom is -0.339 e. The van der Waals surface area contributed by atoms with Crippen molar-refractivity contribution in [1.29, 1.82) is 0 Å². The van der Waals surface area contributed by atoms with Crippen LogP contribution in [0.5, 0.6) is 0 Å². The highest BCUT2D eigenvalue weighted by Gasteiger charge is 2.37. The molecule has 1 aromatic rings. The van der Waals surface area contributed by atoms with Crippen LogP contribution in [0.3, 0.4) is 0 Å². The molecular formula is C17H23ClN2O. The standard InChI is InChI=1S/C17H23ClN2O/c1-13-11-15(18)14(12-19-13)16(21)20-9-7-17(8-10-20)5-3-2-4-6-17/h11-12H,2-10H2,1H3. The van der Waals surface area contributed by atoms with Crippen LogP contribution in [0.25, 0.3) is 0 Å². The van der Waals surface area contributed by atoms with Crippen molar-refractivity contribution in [3.05, 3.63) is 28.5 Å². The fourth-order valence-corrected chi connectivity index (χ4v) is 4.13. The van der Waals surface area contributed by atoms with E-state index in [0.717, 1.165) is 31.6 Å². The summed E-state index contributed by atoms with van der Waals surface area (Å²) in [5.41, 5.74) is 1.91. The van der Waals surface area contributed by atoms with Crippen LogP contribution in [0.15, 0.2) is 12.3 Å². The number of amides is 1. The van der Waals surface area contributed by atoms with Crippen LogP contribution >= 0.6 is 11.6 Å². The Kier molecular flexibility index (Phi) is 4.21. The highest BCUT2D eigenvalue weighted by Crippen LogP contribution is 2.44. The van der Waals surface area contributed by atoms with Gasteiger partial charge in [0.15, 0.2) is 0 Å². The van der Waals surface area contributed by atoms with Crippen molar-refractivity contribution in [3.8, 4) is 0 Å². The molecule has 1 amide bonds. The Labute approximate surface area is 131 Å². The van der Waals surface area contributed by atoms with E-state index < -0.39 is 0 Å². The maximum atomic E-state index is 12.6. The smallest absolute Gasteiger partial charge is 0.256 e. The van der Waals surface area contributed by atoms with Gasteiger partial charge in [-0.25, -0.2) is 0 Å². The Bertz CT molecular complexity index is 528. The summed E-state index contributed by atoms with van der Waals surface area (Å²) in [5.74, 6) is 0.0400. The highest BCUT2D eigenvalue weighted by molar-refractivity contribution is 6.33. The molecule has 0 bridgehead atoms. The molecule has 1 aliphatic carbocycles. The molecule has 1 spiro atoms. The number of piperidine rings is 1. The molecule has 2 aliphatic rings. The van der Waals surface area contributed by atoms with Crippen LogP contribution in [-0.2, 0) is 0 Å². The van der Waals surface area contributed by atoms with Crippen LogP contribution < -0.4 is 0 Å². The predicted octanol–water partition coefficient (Wildman–Crippen LogP) is 4.23. The van der Waals surface area contributed by atoms with Gasteiger partial charge in [-0.3, -0.25) is 9.78 Å². The fraction of sp³-hybridized carbons (Fsp3) is 0.647. The van der Waals surface area contributed by atoms with E-state index in [4.69, 9.17) is 11.6 Å². The van der Waals surface area contributed by atoms with Crippen molar-refractivity contribution in [2.45, 2.75) is 51.9 Å². The monoisotopic (exact) mass is 306 g/mol. The number of rotatable bonds is 1. The predicted molar refractivity (Wildman–Crippen MR) is 84.6 cm³/mol. The largest absolute Gasteiger partial charge is 0.339 e. The summed E-state index contributed by atoms with van der Waals surface area (Å²) in [6.07, 6.45) is 10.7. The zero-order valence-electron chi connectivity index (χ0n) is 12.7. The average Bonchev–Trinajstić information content (AvgIpc) is 2.48. The third kappa shape index (κ3) is 3.08. The summed E-state index contributed by atoms with van der Waals surface area (Å²) in [4.78, 5) is 18.8. The first-order valence-corrected chi connectivity index (χ1v) is 8.39. The summed E-state index contributed by atoms with van der Waals surface area (Å²) in [6, 6.07) is 1.77. The summed E-state index contributed by atoms with van der Waals surface area (Å²) in [6.45, 7) is 3.61. The lowest BCUT2D eigenvalue weighted by Gasteiger charge is -2.44. The van der Waals surface area contributed by atoms with Gasteiger partial charge >= 0.3 is 0 Å². The molecule has 114 valence electrons. The molecule has 1 aliphatic heterocycles. The zero-order valence-corrected chi connectivity index (χ0v) is 13.5. The Morgan fingerprint density at radius 1 is 1.19 bits per heavy atom. The van der Waals surface area contributed by atoms with E-state index in [0.29, 0.717) is 16.0 Å². The normalized spacial score (nSPS) is 21.5. The van der Waals surface area contributed by atoms with Crippen LogP contribution in [0.2, 0.25) is 5.02 Å². The molecule has 0 unspecified atom stereocenters. The Hall–Kier alpha value is -1.09. The Balaban J connectivity index is 1.67. The number of halogens is 1. The van der Waals surface area contributed by atoms with Crippen LogP contribution in [-0.4, -0.2) is 28.9 Å². The van der Waals surface area contributed by atoms with Gasteiger partial charge in [0.1, 0.15) is 0 Å². The number of hydrogen-bond acceptors (Lipinski definition) is 2. The van der Waals surface area contributed by atoms with Crippen molar-refractivity contribution in [3.63, 3.8) is 0 Å². The first-order valence-electron chi connectivity index (χ1n) is 8.01. The number of carbonyl (C=O) groups is 1. The minimum atomic E-state index is 0.0400. The lowest BCUT2D eigenvalue weighted by atomic mass is 9.68. The molecule has 3 nitrogen and oxygen atoms in total. The van der Waals surface area contributed by atoms with E-state index in [9.17, 15) is 4.79 Å². The summed E-state index contributed by atoms with van der Waals surface area (Å²) < 4.78 is 0. The molecule has 21 heavy (non-hydrogen) atoms. The molecule has 0 atom stereocenters. The van der Waals surface area contributed by atoms with Gasteiger partial charge in [0, 0.05) is 25.0 Å². The van der Waals surface area contributed by atoms with Crippen LogP contribution in [0.1, 0.15) is 61.0 Å². The second-order valence-corrected chi connectivity index (χ2v) is 7.07. The van der Waals surface area contributed by atoms with E-state index >= 15 is 0 Å². The molecule has 1 saturated carbocycles. The number of carbonyl (C=O) groups excluding carboxylic acids is 1. The van der Waals surface area contributed by atoms with Gasteiger partial charge in [-0.05, 0) is 44.1 Å². The maximum Gasteiger partial charge on any atom is 0.256 e. The van der Waals surface area contributed by atoms with Crippen LogP contribution in [0, 0.1) is 12.3 Å². The number of pyridine rings is 1. The number of aryl methyl sites for hydroxylation is 1. The number of hydrogen-bond donors (Lipinski definition) is 0. The second-order valence-electron chi connectivity index (χ2n) is 6.66. The van der Waals surface area contributed by atoms with Gasteiger partial charge < -0.3 is 4.90 Å². The van der Waals surface area contributed by atoms with Crippen molar-refractivity contribution in [2.75, 3.05) is 13.1 Å². The van der Waals surface area contributed by atoms with E-state index in [1.54, 1.807) is 12.3 Å². The second kappa shape index (κ2) is 5.96. The third-order valence-electron chi connectivity index (χ3n) is 5.25. The molecule has 4 heteroatoms. The van der Waals surface area contributed by atoms with E-state index in [2.05, 4.69) is 4.98 Å². The summed E-state index contributed by atoms with van der Waals surface area (Å²) in [5, 5.41) is 0.519. The van der Waals surface area contributed by atoms with Crippen molar-refractivity contribution in [1.82, 2.24) is 9.88 Å². The molecule has 0 N–H and O–H groups in total. The maximum absolute atomic E-state index is 12.6. The van der Waals surface area contributed by atoms with E-state index in [1.807, 2.05) is 11.8 Å². The molecule has 1 saturated heterocycles. The molecule has 2 fully saturated rings. The quantitative estimate of drug-likeness (QED) is 0.778. The Morgan fingerprint density at radius 2 is 1.86 bits per heavy atom. The van der Waals surface area contributed by atoms with Gasteiger partial charge in [-0.2, -0.15) is 0 Å². The fourth-order valence-electron chi connectivity index (χ4n) is 3.84. The number of nitrogens with zero attached hydrogens (tertiary/aromatic N) is 2. The van der Waals surface area contributed by atoms with Crippen molar-refractivity contribution < 1.29 is 4.79 Å². The summed E-state index contributed by atoms with van der Waals surface area (Å²) in [7, 11) is 0. The van der Waals surface area contributed by atoms with Crippen LogP contribution in [0.4, 0.5) is 0 Å². The Morgan fingerprint density at radius 3 is 2.48 bits per heavy atom. The molecule has 2 heterocycles. The lowest BCUT2D eigenvalue weighted by molar-refractivity contribution is 0.0472. The number of aromatic nitrogens is 1. The highest BCUT2D eigenvalue weighted by atomic mass is 35.5. The SMILES string of the molecule is Cc1cc(Cl)c(C(=O)N2CCC3(CCCCC3)CC2)cn1. The first kappa shape index (κ1) is 14.8. The van der Waals surface area contributed by atoms with Gasteiger partial charge in [0.25, 0.3) is 5.91 Å². The summed E-state index contributed by atoms with van der Waals surface area (Å²) >= 11 is 6.20. The molecule has 1 aromatic heterocycles. The van der Waals surface area contributed by atoms with E-state index in [1.165, 1.54) is 32.1 Å². The number of likely N-dealkylation sites (tertiary alicyclic amines) is 1. The van der Waals surface area contributed by atoms with Crippen molar-refractivity contribution >= 4 is 17.5 Å². The molecule has 3 rings (SSSR count). The van der Waals surface area contributed by atoms with Gasteiger partial charge in [0.2, 0.25) is 0 Å². The van der Waals surface area contributed by atoms with Gasteiger partial charge in [-0.15, -0.1) is 0 Å². The van der Waals surface area contributed by atoms with Gasteiger partial charge in [0.05, 0.1) is 10.6 Å². The van der Waals surface area contributed by atoms with E-state index in [-0.39, 0.29) is 5.91 Å². The van der Waals surface area contributed by atoms with Crippen molar-refractivity contribution in [2.24, 2.45) is 5.41 Å². The molecular weight excluding hydrogens is 284 g/mol. The lowest BCUT2D eigenvalue weighted by Crippen LogP contribution is -2.44. The third-order valence-corrected chi connectivity index (χ3v) is 5.56. The molecule has 0 aromatic carbocycles. The average molecular weight is 307 g/mol. The minimum absolute atomic E-state index is 0.0400. The molecule has 0 radical (unpaired) electrons.